The summed E-state index contributed by atoms with van der Waals surface area (Å²) in [6, 6.07) is 24.1. The summed E-state index contributed by atoms with van der Waals surface area (Å²) >= 11 is 8.73. The SMILES string of the molecule is O=C(NC(=S)Nc1cc(Br)ccc1C(=O)NC[C@@H]1CC[C@@H](c2ccccc2)O1)c1ccccc1. The van der Waals surface area contributed by atoms with E-state index in [2.05, 4.69) is 44.0 Å². The van der Waals surface area contributed by atoms with Gasteiger partial charge in [-0.1, -0.05) is 64.5 Å². The number of nitrogens with one attached hydrogen (secondary N) is 3. The van der Waals surface area contributed by atoms with Crippen LogP contribution in [0.5, 0.6) is 0 Å². The summed E-state index contributed by atoms with van der Waals surface area (Å²) in [5, 5.41) is 8.67. The Bertz CT molecular complexity index is 1170. The fourth-order valence-corrected chi connectivity index (χ4v) is 4.37. The molecule has 0 aliphatic carbocycles. The maximum Gasteiger partial charge on any atom is 0.257 e. The van der Waals surface area contributed by atoms with Gasteiger partial charge in [0.15, 0.2) is 5.11 Å². The lowest BCUT2D eigenvalue weighted by Gasteiger charge is -2.17. The zero-order chi connectivity index (χ0) is 23.9. The number of amides is 2. The van der Waals surface area contributed by atoms with Gasteiger partial charge in [-0.3, -0.25) is 14.9 Å². The molecule has 1 aliphatic rings. The van der Waals surface area contributed by atoms with Crippen LogP contribution in [0.2, 0.25) is 0 Å². The molecular weight excluding hydrogens is 514 g/mol. The first-order chi connectivity index (χ1) is 16.5. The smallest absolute Gasteiger partial charge is 0.257 e. The summed E-state index contributed by atoms with van der Waals surface area (Å²) in [4.78, 5) is 25.3. The van der Waals surface area contributed by atoms with E-state index in [9.17, 15) is 9.59 Å². The van der Waals surface area contributed by atoms with Gasteiger partial charge in [0.1, 0.15) is 0 Å². The number of hydrogen-bond donors (Lipinski definition) is 3. The van der Waals surface area contributed by atoms with Crippen molar-refractivity contribution in [3.05, 3.63) is 100 Å². The second-order valence-electron chi connectivity index (χ2n) is 7.91. The van der Waals surface area contributed by atoms with Gasteiger partial charge in [-0.15, -0.1) is 0 Å². The van der Waals surface area contributed by atoms with Gasteiger partial charge in [0.2, 0.25) is 0 Å². The topological polar surface area (TPSA) is 79.5 Å². The van der Waals surface area contributed by atoms with Crippen molar-refractivity contribution in [2.75, 3.05) is 11.9 Å². The molecule has 0 spiro atoms. The number of thiocarbonyl (C=S) groups is 1. The molecule has 4 rings (SSSR count). The molecular formula is C26H24BrN3O3S. The van der Waals surface area contributed by atoms with Gasteiger partial charge < -0.3 is 15.4 Å². The second kappa shape index (κ2) is 11.4. The molecule has 174 valence electrons. The van der Waals surface area contributed by atoms with Gasteiger partial charge in [-0.25, -0.2) is 0 Å². The van der Waals surface area contributed by atoms with Gasteiger partial charge >= 0.3 is 0 Å². The van der Waals surface area contributed by atoms with E-state index in [0.717, 1.165) is 22.9 Å². The largest absolute Gasteiger partial charge is 0.368 e. The third-order valence-corrected chi connectivity index (χ3v) is 6.20. The average molecular weight is 538 g/mol. The summed E-state index contributed by atoms with van der Waals surface area (Å²) in [5.41, 5.74) is 2.54. The van der Waals surface area contributed by atoms with Gasteiger partial charge in [0, 0.05) is 16.6 Å². The Hall–Kier alpha value is -3.07. The van der Waals surface area contributed by atoms with Crippen LogP contribution in [-0.4, -0.2) is 29.6 Å². The van der Waals surface area contributed by atoms with Crippen molar-refractivity contribution in [3.63, 3.8) is 0 Å². The minimum atomic E-state index is -0.328. The summed E-state index contributed by atoms with van der Waals surface area (Å²) < 4.78 is 6.90. The molecule has 34 heavy (non-hydrogen) atoms. The second-order valence-corrected chi connectivity index (χ2v) is 9.23. The number of rotatable bonds is 6. The molecule has 3 aromatic rings. The van der Waals surface area contributed by atoms with Crippen LogP contribution in [0.15, 0.2) is 83.3 Å². The maximum absolute atomic E-state index is 13.0. The van der Waals surface area contributed by atoms with Crippen LogP contribution >= 0.6 is 28.1 Å². The van der Waals surface area contributed by atoms with Crippen LogP contribution in [0.1, 0.15) is 45.2 Å². The third-order valence-electron chi connectivity index (χ3n) is 5.51. The Morgan fingerprint density at radius 2 is 1.65 bits per heavy atom. The van der Waals surface area contributed by atoms with Crippen molar-refractivity contribution in [2.24, 2.45) is 0 Å². The van der Waals surface area contributed by atoms with E-state index >= 15 is 0 Å². The lowest BCUT2D eigenvalue weighted by Crippen LogP contribution is -2.36. The normalized spacial score (nSPS) is 17.1. The van der Waals surface area contributed by atoms with E-state index in [1.165, 1.54) is 0 Å². The number of hydrogen-bond acceptors (Lipinski definition) is 4. The molecule has 2 amide bonds. The number of anilines is 1. The Labute approximate surface area is 212 Å². The van der Waals surface area contributed by atoms with E-state index < -0.39 is 0 Å². The number of ether oxygens (including phenoxy) is 1. The molecule has 0 bridgehead atoms. The van der Waals surface area contributed by atoms with Gasteiger partial charge in [-0.05, 0) is 61.0 Å². The predicted molar refractivity (Wildman–Crippen MR) is 140 cm³/mol. The molecule has 1 aliphatic heterocycles. The van der Waals surface area contributed by atoms with Crippen molar-refractivity contribution in [1.82, 2.24) is 10.6 Å². The first kappa shape index (κ1) is 24.1. The number of halogens is 1. The fraction of sp³-hybridized carbons (Fsp3) is 0.192. The van der Waals surface area contributed by atoms with Crippen LogP contribution in [0, 0.1) is 0 Å². The quantitative estimate of drug-likeness (QED) is 0.375. The Morgan fingerprint density at radius 1 is 0.941 bits per heavy atom. The van der Waals surface area contributed by atoms with E-state index in [4.69, 9.17) is 17.0 Å². The summed E-state index contributed by atoms with van der Waals surface area (Å²) in [6.45, 7) is 0.410. The predicted octanol–water partition coefficient (Wildman–Crippen LogP) is 5.23. The number of benzene rings is 3. The molecule has 0 radical (unpaired) electrons. The highest BCUT2D eigenvalue weighted by atomic mass is 79.9. The third kappa shape index (κ3) is 6.28. The van der Waals surface area contributed by atoms with E-state index in [1.54, 1.807) is 42.5 Å². The van der Waals surface area contributed by atoms with Crippen LogP contribution < -0.4 is 16.0 Å². The first-order valence-corrected chi connectivity index (χ1v) is 12.2. The molecule has 2 atom stereocenters. The highest BCUT2D eigenvalue weighted by Gasteiger charge is 2.27. The molecule has 3 N–H and O–H groups in total. The van der Waals surface area contributed by atoms with Crippen molar-refractivity contribution in [1.29, 1.82) is 0 Å². The molecule has 0 unspecified atom stereocenters. The van der Waals surface area contributed by atoms with Crippen LogP contribution in [-0.2, 0) is 4.74 Å². The van der Waals surface area contributed by atoms with Gasteiger partial charge in [0.25, 0.3) is 11.8 Å². The van der Waals surface area contributed by atoms with Crippen molar-refractivity contribution in [3.8, 4) is 0 Å². The molecule has 6 nitrogen and oxygen atoms in total. The molecule has 3 aromatic carbocycles. The summed E-state index contributed by atoms with van der Waals surface area (Å²) in [6.07, 6.45) is 1.80. The lowest BCUT2D eigenvalue weighted by atomic mass is 10.1. The standard InChI is InChI=1S/C26H24BrN3O3S/c27-19-11-13-21(22(15-19)29-26(34)30-24(31)18-9-5-2-6-10-18)25(32)28-16-20-12-14-23(33-20)17-7-3-1-4-8-17/h1-11,13,15,20,23H,12,14,16H2,(H,28,32)(H2,29,30,31,34)/t20-,23-/m0/s1. The Morgan fingerprint density at radius 3 is 2.38 bits per heavy atom. The van der Waals surface area contributed by atoms with Crippen LogP contribution in [0.3, 0.4) is 0 Å². The zero-order valence-electron chi connectivity index (χ0n) is 18.3. The first-order valence-electron chi connectivity index (χ1n) is 10.9. The number of carbonyl (C=O) groups is 2. The average Bonchev–Trinajstić information content (AvgIpc) is 3.33. The van der Waals surface area contributed by atoms with E-state index in [1.807, 2.05) is 24.3 Å². The maximum atomic E-state index is 13.0. The molecule has 0 aromatic heterocycles. The van der Waals surface area contributed by atoms with Crippen LogP contribution in [0.25, 0.3) is 0 Å². The summed E-state index contributed by atoms with van der Waals surface area (Å²) in [7, 11) is 0. The van der Waals surface area contributed by atoms with Crippen molar-refractivity contribution >= 4 is 50.8 Å². The molecule has 8 heteroatoms. The monoisotopic (exact) mass is 537 g/mol. The highest BCUT2D eigenvalue weighted by Crippen LogP contribution is 2.32. The molecule has 1 saturated heterocycles. The molecule has 1 heterocycles. The lowest BCUT2D eigenvalue weighted by molar-refractivity contribution is 0.0436. The van der Waals surface area contributed by atoms with Crippen LogP contribution in [0.4, 0.5) is 5.69 Å². The minimum Gasteiger partial charge on any atom is -0.368 e. The number of carbonyl (C=O) groups excluding carboxylic acids is 2. The van der Waals surface area contributed by atoms with Gasteiger partial charge in [0.05, 0.1) is 23.5 Å². The fourth-order valence-electron chi connectivity index (χ4n) is 3.81. The molecule has 1 fully saturated rings. The van der Waals surface area contributed by atoms with Gasteiger partial charge in [-0.2, -0.15) is 0 Å². The molecule has 0 saturated carbocycles. The summed E-state index contributed by atoms with van der Waals surface area (Å²) in [5.74, 6) is -0.579. The Kier molecular flexibility index (Phi) is 8.05. The highest BCUT2D eigenvalue weighted by molar-refractivity contribution is 9.10. The van der Waals surface area contributed by atoms with E-state index in [0.29, 0.717) is 23.4 Å². The zero-order valence-corrected chi connectivity index (χ0v) is 20.7. The van der Waals surface area contributed by atoms with Crippen molar-refractivity contribution in [2.45, 2.75) is 25.0 Å². The van der Waals surface area contributed by atoms with Crippen molar-refractivity contribution < 1.29 is 14.3 Å². The van der Waals surface area contributed by atoms with E-state index in [-0.39, 0.29) is 29.1 Å². The minimum absolute atomic E-state index is 0.0488. The Balaban J connectivity index is 1.35.